The summed E-state index contributed by atoms with van der Waals surface area (Å²) < 4.78 is 9.89. The van der Waals surface area contributed by atoms with Crippen molar-refractivity contribution in [3.8, 4) is 0 Å². The first-order chi connectivity index (χ1) is 24.5. The molecule has 7 heterocycles. The third-order valence-corrected chi connectivity index (χ3v) is 10.5. The molecule has 0 unspecified atom stereocenters. The van der Waals surface area contributed by atoms with Gasteiger partial charge in [-0.1, -0.05) is 102 Å². The third kappa shape index (κ3) is 8.99. The predicted molar refractivity (Wildman–Crippen MR) is 211 cm³/mol. The van der Waals surface area contributed by atoms with Crippen molar-refractivity contribution in [3.63, 3.8) is 0 Å². The molecular formula is C44H60CrN4O2+. The molecule has 1 radical (unpaired) electrons. The summed E-state index contributed by atoms with van der Waals surface area (Å²) in [6, 6.07) is 8.98. The summed E-state index contributed by atoms with van der Waals surface area (Å²) in [6.45, 7) is 21.9. The molecule has 0 saturated carbocycles. The van der Waals surface area contributed by atoms with E-state index in [1.54, 1.807) is 0 Å². The van der Waals surface area contributed by atoms with Crippen molar-refractivity contribution < 1.29 is 26.8 Å². The first-order valence-electron chi connectivity index (χ1n) is 19.7. The zero-order chi connectivity index (χ0) is 35.6. The Morgan fingerprint density at radius 2 is 0.647 bits per heavy atom. The molecule has 51 heavy (non-hydrogen) atoms. The Balaban J connectivity index is 0.000000455. The van der Waals surface area contributed by atoms with Crippen molar-refractivity contribution in [2.45, 2.75) is 132 Å². The first kappa shape index (κ1) is 40.8. The Hall–Kier alpha value is -2.95. The average Bonchev–Trinajstić information content (AvgIpc) is 3.99. The maximum Gasteiger partial charge on any atom is 3.00 e. The maximum absolute atomic E-state index is 5.25. The summed E-state index contributed by atoms with van der Waals surface area (Å²) >= 11 is 0. The monoisotopic (exact) mass is 728 g/mol. The van der Waals surface area contributed by atoms with Gasteiger partial charge in [0.15, 0.2) is 0 Å². The van der Waals surface area contributed by atoms with E-state index in [-0.39, 0.29) is 17.4 Å². The number of allylic oxidation sites excluding steroid dienone is 4. The summed E-state index contributed by atoms with van der Waals surface area (Å²) in [5, 5.41) is 0. The number of aryl methyl sites for hydroxylation is 4. The number of aromatic nitrogens is 4. The molecule has 4 aliphatic rings. The summed E-state index contributed by atoms with van der Waals surface area (Å²) in [7, 11) is 0. The van der Waals surface area contributed by atoms with Gasteiger partial charge in [-0.05, 0) is 99.3 Å². The second-order valence-corrected chi connectivity index (χ2v) is 13.4. The smallest absolute Gasteiger partial charge is 0.657 e. The van der Waals surface area contributed by atoms with Crippen LogP contribution in [0.1, 0.15) is 152 Å². The maximum atomic E-state index is 5.25. The van der Waals surface area contributed by atoms with Crippen LogP contribution in [-0.4, -0.2) is 36.4 Å². The Morgan fingerprint density at radius 1 is 0.412 bits per heavy atom. The van der Waals surface area contributed by atoms with Crippen LogP contribution in [0.5, 0.6) is 0 Å². The van der Waals surface area contributed by atoms with Gasteiger partial charge in [0.2, 0.25) is 0 Å². The molecule has 7 heteroatoms. The molecular weight excluding hydrogens is 669 g/mol. The van der Waals surface area contributed by atoms with E-state index in [0.717, 1.165) is 123 Å². The second-order valence-electron chi connectivity index (χ2n) is 13.4. The summed E-state index contributed by atoms with van der Waals surface area (Å²) in [5.74, 6) is 0. The molecule has 3 aromatic rings. The van der Waals surface area contributed by atoms with Gasteiger partial charge >= 0.3 is 17.4 Å². The largest absolute Gasteiger partial charge is 3.00 e. The van der Waals surface area contributed by atoms with E-state index in [2.05, 4.69) is 79.7 Å². The van der Waals surface area contributed by atoms with Gasteiger partial charge in [-0.3, -0.25) is 0 Å². The molecule has 2 saturated heterocycles. The predicted octanol–water partition coefficient (Wildman–Crippen LogP) is 10.9. The van der Waals surface area contributed by atoms with Gasteiger partial charge in [-0.2, -0.15) is 0 Å². The molecule has 273 valence electrons. The minimum atomic E-state index is 0. The number of rotatable bonds is 8. The van der Waals surface area contributed by atoms with Gasteiger partial charge in [-0.15, -0.1) is 22.1 Å². The van der Waals surface area contributed by atoms with Crippen LogP contribution in [0, 0.1) is 0 Å². The van der Waals surface area contributed by atoms with E-state index in [9.17, 15) is 0 Å². The zero-order valence-electron chi connectivity index (χ0n) is 32.6. The fourth-order valence-electron chi connectivity index (χ4n) is 7.95. The molecule has 7 rings (SSSR count). The van der Waals surface area contributed by atoms with E-state index < -0.39 is 0 Å². The number of hydrogen-bond acceptors (Lipinski definition) is 4. The number of hydrogen-bond donors (Lipinski definition) is 0. The van der Waals surface area contributed by atoms with Crippen LogP contribution >= 0.6 is 0 Å². The fraction of sp³-hybridized carbons (Fsp3) is 0.545. The van der Waals surface area contributed by atoms with Crippen molar-refractivity contribution in [2.24, 2.45) is 0 Å². The van der Waals surface area contributed by atoms with Crippen LogP contribution < -0.4 is 9.97 Å². The molecule has 0 amide bonds. The molecule has 0 aliphatic carbocycles. The molecule has 3 aromatic heterocycles. The van der Waals surface area contributed by atoms with Crippen molar-refractivity contribution in [2.75, 3.05) is 26.4 Å². The van der Waals surface area contributed by atoms with Gasteiger partial charge in [0.1, 0.15) is 0 Å². The van der Waals surface area contributed by atoms with E-state index in [4.69, 9.17) is 29.4 Å². The molecule has 0 spiro atoms. The topological polar surface area (TPSA) is 72.4 Å². The normalized spacial score (nSPS) is 15.4. The standard InChI is InChI=1S/C36H44N4.2C4H8O.Cr/c1-9-21-22(10-2)30-18-32-25(13-5)26(14-6)34(39-32)20-36-28(16-8)27(15-7)35(40-36)19-33-24(12-4)23(11-3)31(38-33)17-29(21)37-30;2*1-2-4-5-3-1;/h17-20H,9-16H2,1-8H3;2*1-4H2;/q-2;;;+3. The Morgan fingerprint density at radius 3 is 0.804 bits per heavy atom. The van der Waals surface area contributed by atoms with Gasteiger partial charge in [-0.25, -0.2) is 9.97 Å². The number of fused-ring (bicyclic) bond motifs is 8. The number of ether oxygens (including phenoxy) is 2. The van der Waals surface area contributed by atoms with E-state index in [1.807, 2.05) is 0 Å². The minimum Gasteiger partial charge on any atom is -0.657 e. The summed E-state index contributed by atoms with van der Waals surface area (Å²) in [5.41, 5.74) is 19.1. The summed E-state index contributed by atoms with van der Waals surface area (Å²) in [4.78, 5) is 21.0. The minimum absolute atomic E-state index is 0. The van der Waals surface area contributed by atoms with Crippen LogP contribution in [0.4, 0.5) is 0 Å². The summed E-state index contributed by atoms with van der Waals surface area (Å²) in [6.07, 6.45) is 12.7. The molecule has 0 aromatic carbocycles. The quantitative estimate of drug-likeness (QED) is 0.230. The van der Waals surface area contributed by atoms with E-state index in [1.165, 1.54) is 70.2 Å². The molecule has 0 N–H and O–H groups in total. The molecule has 0 atom stereocenters. The van der Waals surface area contributed by atoms with Crippen LogP contribution in [0.3, 0.4) is 0 Å². The third-order valence-electron chi connectivity index (χ3n) is 10.5. The van der Waals surface area contributed by atoms with Crippen molar-refractivity contribution in [3.05, 3.63) is 69.3 Å². The SMILES string of the molecule is C1CCOC1.C1CCOC1.CCC1=C(CC)c2cc3[n-]c(cc4nc(cc5[n-]c(cc1n2)c(CC)c5CC)C(CC)=C4CC)c(CC)c3CC.[Cr+3]. The molecule has 8 bridgehead atoms. The zero-order valence-corrected chi connectivity index (χ0v) is 33.9. The Bertz CT molecular complexity index is 1590. The number of nitrogens with zero attached hydrogens (tertiary/aromatic N) is 4. The van der Waals surface area contributed by atoms with Crippen molar-refractivity contribution in [1.82, 2.24) is 19.9 Å². The second kappa shape index (κ2) is 19.8. The van der Waals surface area contributed by atoms with Gasteiger partial charge in [0, 0.05) is 26.4 Å². The van der Waals surface area contributed by atoms with E-state index in [0.29, 0.717) is 0 Å². The van der Waals surface area contributed by atoms with Crippen LogP contribution in [0.25, 0.3) is 44.4 Å². The Labute approximate surface area is 318 Å². The van der Waals surface area contributed by atoms with Crippen LogP contribution in [0.15, 0.2) is 24.3 Å². The van der Waals surface area contributed by atoms with Gasteiger partial charge in [0.25, 0.3) is 0 Å². The van der Waals surface area contributed by atoms with Crippen molar-refractivity contribution >= 4 is 44.4 Å². The average molecular weight is 729 g/mol. The van der Waals surface area contributed by atoms with Gasteiger partial charge < -0.3 is 19.4 Å². The van der Waals surface area contributed by atoms with Crippen molar-refractivity contribution in [1.29, 1.82) is 0 Å². The van der Waals surface area contributed by atoms with Crippen LogP contribution in [-0.2, 0) is 52.5 Å². The molecule has 2 fully saturated rings. The van der Waals surface area contributed by atoms with E-state index >= 15 is 0 Å². The molecule has 4 aliphatic heterocycles. The fourth-order valence-corrected chi connectivity index (χ4v) is 7.95. The Kier molecular flexibility index (Phi) is 15.8. The van der Waals surface area contributed by atoms with Gasteiger partial charge in [0.05, 0.1) is 22.8 Å². The van der Waals surface area contributed by atoms with Crippen LogP contribution in [0.2, 0.25) is 0 Å². The first-order valence-corrected chi connectivity index (χ1v) is 19.7. The molecule has 6 nitrogen and oxygen atoms in total.